The van der Waals surface area contributed by atoms with Gasteiger partial charge in [0.15, 0.2) is 0 Å². The summed E-state index contributed by atoms with van der Waals surface area (Å²) >= 11 is 0. The predicted molar refractivity (Wildman–Crippen MR) is 56.8 cm³/mol. The highest BCUT2D eigenvalue weighted by molar-refractivity contribution is 5.54. The molecule has 2 N–H and O–H groups in total. The molecule has 2 rings (SSSR count). The molecule has 1 aromatic rings. The first-order valence-electron chi connectivity index (χ1n) is 5.09. The van der Waals surface area contributed by atoms with E-state index in [9.17, 15) is 4.39 Å². The topological polar surface area (TPSA) is 49.8 Å². The lowest BCUT2D eigenvalue weighted by Crippen LogP contribution is -2.00. The van der Waals surface area contributed by atoms with Gasteiger partial charge in [-0.1, -0.05) is 0 Å². The first-order chi connectivity index (χ1) is 7.15. The van der Waals surface area contributed by atoms with Gasteiger partial charge >= 0.3 is 0 Å². The fourth-order valence-corrected chi connectivity index (χ4v) is 2.38. The highest BCUT2D eigenvalue weighted by atomic mass is 19.1. The maximum absolute atomic E-state index is 13.5. The van der Waals surface area contributed by atoms with Crippen LogP contribution in [0.15, 0.2) is 6.07 Å². The molecule has 1 atom stereocenters. The summed E-state index contributed by atoms with van der Waals surface area (Å²) < 4.78 is 13.5. The fourth-order valence-electron chi connectivity index (χ4n) is 2.38. The Morgan fingerprint density at radius 3 is 3.07 bits per heavy atom. The molecule has 1 aromatic carbocycles. The lowest BCUT2D eigenvalue weighted by atomic mass is 9.96. The zero-order chi connectivity index (χ0) is 11.0. The predicted octanol–water partition coefficient (Wildman–Crippen LogP) is 2.66. The Hall–Kier alpha value is -1.56. The Morgan fingerprint density at radius 2 is 2.40 bits per heavy atom. The lowest BCUT2D eigenvalue weighted by Gasteiger charge is -2.11. The van der Waals surface area contributed by atoms with E-state index in [1.54, 1.807) is 13.0 Å². The molecule has 0 amide bonds. The average Bonchev–Trinajstić information content (AvgIpc) is 2.59. The molecule has 0 saturated carbocycles. The molecule has 0 bridgehead atoms. The Labute approximate surface area is 88.5 Å². The molecule has 1 aliphatic rings. The molecule has 0 spiro atoms. The molecule has 1 unspecified atom stereocenters. The molecule has 0 radical (unpaired) electrons. The van der Waals surface area contributed by atoms with E-state index < -0.39 is 0 Å². The van der Waals surface area contributed by atoms with Crippen molar-refractivity contribution in [2.45, 2.75) is 32.1 Å². The van der Waals surface area contributed by atoms with Crippen molar-refractivity contribution in [1.29, 1.82) is 5.26 Å². The SMILES string of the molecule is Cc1c(F)c(N)cc2c1CCC2CC#N. The van der Waals surface area contributed by atoms with Crippen LogP contribution in [0.3, 0.4) is 0 Å². The third kappa shape index (κ3) is 1.46. The molecule has 15 heavy (non-hydrogen) atoms. The van der Waals surface area contributed by atoms with Crippen LogP contribution in [0.1, 0.15) is 35.4 Å². The van der Waals surface area contributed by atoms with Crippen LogP contribution in [-0.4, -0.2) is 0 Å². The Balaban J connectivity index is 2.52. The highest BCUT2D eigenvalue weighted by Gasteiger charge is 2.26. The maximum atomic E-state index is 13.5. The summed E-state index contributed by atoms with van der Waals surface area (Å²) in [5.74, 6) is -0.0574. The smallest absolute Gasteiger partial charge is 0.149 e. The minimum Gasteiger partial charge on any atom is -0.396 e. The van der Waals surface area contributed by atoms with Gasteiger partial charge in [0.25, 0.3) is 0 Å². The van der Waals surface area contributed by atoms with Gasteiger partial charge in [-0.05, 0) is 48.4 Å². The lowest BCUT2D eigenvalue weighted by molar-refractivity contribution is 0.620. The number of hydrogen-bond acceptors (Lipinski definition) is 2. The van der Waals surface area contributed by atoms with E-state index >= 15 is 0 Å². The number of anilines is 1. The first kappa shape index (κ1) is 9.97. The van der Waals surface area contributed by atoms with E-state index in [0.717, 1.165) is 24.0 Å². The van der Waals surface area contributed by atoms with Gasteiger partial charge in [-0.25, -0.2) is 4.39 Å². The van der Waals surface area contributed by atoms with Gasteiger partial charge in [-0.15, -0.1) is 0 Å². The van der Waals surface area contributed by atoms with E-state index in [4.69, 9.17) is 11.0 Å². The number of rotatable bonds is 1. The molecule has 1 aliphatic carbocycles. The van der Waals surface area contributed by atoms with Crippen molar-refractivity contribution in [2.24, 2.45) is 0 Å². The summed E-state index contributed by atoms with van der Waals surface area (Å²) in [5, 5.41) is 8.69. The van der Waals surface area contributed by atoms with E-state index in [0.29, 0.717) is 12.0 Å². The monoisotopic (exact) mass is 204 g/mol. The standard InChI is InChI=1S/C12H13FN2/c1-7-9-3-2-8(4-5-14)10(9)6-11(15)12(7)13/h6,8H,2-4,15H2,1H3. The number of nitriles is 1. The molecule has 0 fully saturated rings. The van der Waals surface area contributed by atoms with E-state index in [2.05, 4.69) is 6.07 Å². The van der Waals surface area contributed by atoms with Crippen LogP contribution < -0.4 is 5.73 Å². The van der Waals surface area contributed by atoms with Gasteiger partial charge in [0.05, 0.1) is 11.8 Å². The van der Waals surface area contributed by atoms with Crippen molar-refractivity contribution < 1.29 is 4.39 Å². The number of nitrogens with zero attached hydrogens (tertiary/aromatic N) is 1. The van der Waals surface area contributed by atoms with E-state index in [1.807, 2.05) is 0 Å². The van der Waals surface area contributed by atoms with Gasteiger partial charge in [0.2, 0.25) is 0 Å². The number of nitrogen functional groups attached to an aromatic ring is 1. The Kier molecular flexibility index (Phi) is 2.36. The first-order valence-corrected chi connectivity index (χ1v) is 5.09. The van der Waals surface area contributed by atoms with Crippen molar-refractivity contribution in [1.82, 2.24) is 0 Å². The minimum atomic E-state index is -0.300. The van der Waals surface area contributed by atoms with E-state index in [-0.39, 0.29) is 17.4 Å². The summed E-state index contributed by atoms with van der Waals surface area (Å²) in [6.45, 7) is 1.76. The van der Waals surface area contributed by atoms with Crippen LogP contribution in [0.5, 0.6) is 0 Å². The van der Waals surface area contributed by atoms with Crippen molar-refractivity contribution in [2.75, 3.05) is 5.73 Å². The molecule has 78 valence electrons. The van der Waals surface area contributed by atoms with Crippen LogP contribution in [0, 0.1) is 24.1 Å². The zero-order valence-corrected chi connectivity index (χ0v) is 8.68. The summed E-state index contributed by atoms with van der Waals surface area (Å²) in [6.07, 6.45) is 2.30. The number of benzene rings is 1. The quantitative estimate of drug-likeness (QED) is 0.715. The van der Waals surface area contributed by atoms with Gasteiger partial charge < -0.3 is 5.73 Å². The molecule has 0 heterocycles. The molecular weight excluding hydrogens is 191 g/mol. The Morgan fingerprint density at radius 1 is 1.67 bits per heavy atom. The number of nitrogens with two attached hydrogens (primary N) is 1. The Bertz CT molecular complexity index is 446. The van der Waals surface area contributed by atoms with Crippen molar-refractivity contribution in [3.63, 3.8) is 0 Å². The second-order valence-electron chi connectivity index (χ2n) is 4.07. The third-order valence-electron chi connectivity index (χ3n) is 3.22. The maximum Gasteiger partial charge on any atom is 0.149 e. The largest absolute Gasteiger partial charge is 0.396 e. The summed E-state index contributed by atoms with van der Waals surface area (Å²) in [7, 11) is 0. The number of fused-ring (bicyclic) bond motifs is 1. The van der Waals surface area contributed by atoms with Gasteiger partial charge in [-0.2, -0.15) is 5.26 Å². The fraction of sp³-hybridized carbons (Fsp3) is 0.417. The second kappa shape index (κ2) is 3.54. The number of halogens is 1. The average molecular weight is 204 g/mol. The molecule has 0 aromatic heterocycles. The van der Waals surface area contributed by atoms with Gasteiger partial charge in [-0.3, -0.25) is 0 Å². The molecule has 2 nitrogen and oxygen atoms in total. The normalized spacial score (nSPS) is 18.6. The van der Waals surface area contributed by atoms with Crippen LogP contribution >= 0.6 is 0 Å². The van der Waals surface area contributed by atoms with Crippen LogP contribution in [0.25, 0.3) is 0 Å². The van der Waals surface area contributed by atoms with Crippen LogP contribution in [0.2, 0.25) is 0 Å². The van der Waals surface area contributed by atoms with Crippen molar-refractivity contribution in [3.8, 4) is 6.07 Å². The minimum absolute atomic E-state index is 0.205. The molecular formula is C12H13FN2. The molecule has 0 aliphatic heterocycles. The summed E-state index contributed by atoms with van der Waals surface area (Å²) in [4.78, 5) is 0. The second-order valence-corrected chi connectivity index (χ2v) is 4.07. The molecule has 3 heteroatoms. The summed E-state index contributed by atoms with van der Waals surface area (Å²) in [5.41, 5.74) is 8.59. The van der Waals surface area contributed by atoms with Gasteiger partial charge in [0.1, 0.15) is 5.82 Å². The van der Waals surface area contributed by atoms with Crippen LogP contribution in [-0.2, 0) is 6.42 Å². The zero-order valence-electron chi connectivity index (χ0n) is 8.68. The van der Waals surface area contributed by atoms with E-state index in [1.165, 1.54) is 0 Å². The third-order valence-corrected chi connectivity index (χ3v) is 3.22. The number of hydrogen-bond donors (Lipinski definition) is 1. The van der Waals surface area contributed by atoms with Crippen molar-refractivity contribution >= 4 is 5.69 Å². The summed E-state index contributed by atoms with van der Waals surface area (Å²) in [6, 6.07) is 3.87. The van der Waals surface area contributed by atoms with Crippen LogP contribution in [0.4, 0.5) is 10.1 Å². The van der Waals surface area contributed by atoms with Gasteiger partial charge in [0, 0.05) is 6.42 Å². The molecule has 0 saturated heterocycles. The highest BCUT2D eigenvalue weighted by Crippen LogP contribution is 2.39. The van der Waals surface area contributed by atoms with Crippen molar-refractivity contribution in [3.05, 3.63) is 28.6 Å².